The first-order valence-corrected chi connectivity index (χ1v) is 6.60. The Morgan fingerprint density at radius 1 is 1.69 bits per heavy atom. The van der Waals surface area contributed by atoms with Crippen LogP contribution in [0.3, 0.4) is 0 Å². The molecule has 0 spiro atoms. The Morgan fingerprint density at radius 2 is 2.50 bits per heavy atom. The minimum Gasteiger partial charge on any atom is -0.305 e. The lowest BCUT2D eigenvalue weighted by Crippen LogP contribution is -2.29. The summed E-state index contributed by atoms with van der Waals surface area (Å²) < 4.78 is 23.9. The molecule has 16 heavy (non-hydrogen) atoms. The number of hydrogen-bond donors (Lipinski definition) is 1. The van der Waals surface area contributed by atoms with Crippen LogP contribution >= 0.6 is 0 Å². The van der Waals surface area contributed by atoms with Crippen LogP contribution in [0.2, 0.25) is 0 Å². The maximum Gasteiger partial charge on any atom is 0.173 e. The van der Waals surface area contributed by atoms with Crippen LogP contribution in [0.1, 0.15) is 5.56 Å². The van der Waals surface area contributed by atoms with Crippen molar-refractivity contribution in [1.82, 2.24) is 15.1 Å². The lowest BCUT2D eigenvalue weighted by atomic mass is 10.3. The predicted molar refractivity (Wildman–Crippen MR) is 62.2 cm³/mol. The van der Waals surface area contributed by atoms with E-state index in [1.165, 1.54) is 5.41 Å². The molecule has 1 atom stereocenters. The third-order valence-corrected chi connectivity index (χ3v) is 3.74. The van der Waals surface area contributed by atoms with Crippen molar-refractivity contribution in [2.75, 3.05) is 5.75 Å². The maximum absolute atomic E-state index is 11.1. The van der Waals surface area contributed by atoms with Crippen LogP contribution in [0.4, 0.5) is 0 Å². The molecule has 2 heterocycles. The molecular formula is C10H13N3O2S. The summed E-state index contributed by atoms with van der Waals surface area (Å²) in [5.41, 5.74) is 0.998. The molecule has 86 valence electrons. The van der Waals surface area contributed by atoms with Crippen molar-refractivity contribution >= 4 is 16.0 Å². The summed E-state index contributed by atoms with van der Waals surface area (Å²) in [4.78, 5) is 0. The lowest BCUT2D eigenvalue weighted by Gasteiger charge is -2.07. The fourth-order valence-corrected chi connectivity index (χ4v) is 2.79. The first-order chi connectivity index (χ1) is 7.59. The van der Waals surface area contributed by atoms with Gasteiger partial charge in [0.05, 0.1) is 11.9 Å². The zero-order valence-electron chi connectivity index (χ0n) is 8.70. The van der Waals surface area contributed by atoms with E-state index in [0.717, 1.165) is 5.56 Å². The van der Waals surface area contributed by atoms with E-state index < -0.39 is 9.84 Å². The minimum absolute atomic E-state index is 0.0999. The van der Waals surface area contributed by atoms with Crippen LogP contribution in [0, 0.1) is 0 Å². The molecule has 2 rings (SSSR count). The summed E-state index contributed by atoms with van der Waals surface area (Å²) in [5, 5.41) is 8.43. The molecule has 0 amide bonds. The monoisotopic (exact) mass is 239 g/mol. The molecule has 1 aliphatic heterocycles. The van der Waals surface area contributed by atoms with Crippen molar-refractivity contribution in [2.45, 2.75) is 12.6 Å². The van der Waals surface area contributed by atoms with Crippen molar-refractivity contribution in [3.8, 4) is 0 Å². The van der Waals surface area contributed by atoms with Crippen LogP contribution in [-0.4, -0.2) is 30.0 Å². The summed E-state index contributed by atoms with van der Waals surface area (Å²) in [6.45, 7) is 4.19. The van der Waals surface area contributed by atoms with Gasteiger partial charge in [0.15, 0.2) is 9.84 Å². The first kappa shape index (κ1) is 11.1. The number of nitrogens with zero attached hydrogens (tertiary/aromatic N) is 2. The van der Waals surface area contributed by atoms with Crippen LogP contribution in [-0.2, 0) is 16.4 Å². The quantitative estimate of drug-likeness (QED) is 0.825. The van der Waals surface area contributed by atoms with E-state index in [0.29, 0.717) is 6.54 Å². The number of nitrogens with one attached hydrogen (secondary N) is 1. The number of rotatable bonds is 4. The van der Waals surface area contributed by atoms with E-state index in [2.05, 4.69) is 17.0 Å². The Labute approximate surface area is 94.4 Å². The Morgan fingerprint density at radius 3 is 3.06 bits per heavy atom. The fourth-order valence-electron chi connectivity index (χ4n) is 1.52. The van der Waals surface area contributed by atoms with E-state index in [4.69, 9.17) is 0 Å². The highest BCUT2D eigenvalue weighted by Crippen LogP contribution is 2.08. The molecule has 0 saturated carbocycles. The van der Waals surface area contributed by atoms with Crippen molar-refractivity contribution in [2.24, 2.45) is 0 Å². The van der Waals surface area contributed by atoms with Crippen molar-refractivity contribution in [3.63, 3.8) is 0 Å². The largest absolute Gasteiger partial charge is 0.305 e. The second-order valence-corrected chi connectivity index (χ2v) is 5.59. The summed E-state index contributed by atoms with van der Waals surface area (Å²) in [6, 6.07) is -0.0999. The summed E-state index contributed by atoms with van der Waals surface area (Å²) in [6.07, 6.45) is 6.84. The van der Waals surface area contributed by atoms with E-state index >= 15 is 0 Å². The van der Waals surface area contributed by atoms with Crippen LogP contribution in [0.25, 0.3) is 6.20 Å². The van der Waals surface area contributed by atoms with Crippen LogP contribution in [0.15, 0.2) is 30.5 Å². The zero-order valence-corrected chi connectivity index (χ0v) is 9.52. The Balaban J connectivity index is 1.89. The Bertz CT molecular complexity index is 516. The van der Waals surface area contributed by atoms with Gasteiger partial charge in [0.25, 0.3) is 0 Å². The molecule has 1 N–H and O–H groups in total. The van der Waals surface area contributed by atoms with Crippen molar-refractivity contribution in [1.29, 1.82) is 0 Å². The van der Waals surface area contributed by atoms with Gasteiger partial charge in [-0.3, -0.25) is 0 Å². The Hall–Kier alpha value is -1.40. The van der Waals surface area contributed by atoms with Crippen LogP contribution in [0.5, 0.6) is 0 Å². The van der Waals surface area contributed by atoms with Gasteiger partial charge in [-0.15, -0.1) is 0 Å². The third-order valence-electron chi connectivity index (χ3n) is 2.34. The molecule has 1 aromatic rings. The molecule has 1 unspecified atom stereocenters. The zero-order chi connectivity index (χ0) is 11.6. The highest BCUT2D eigenvalue weighted by molar-refractivity contribution is 7.94. The molecule has 0 saturated heterocycles. The summed E-state index contributed by atoms with van der Waals surface area (Å²) >= 11 is 0. The summed E-state index contributed by atoms with van der Waals surface area (Å²) in [5.74, 6) is 0.141. The predicted octanol–water partition coefficient (Wildman–Crippen LogP) is 0.384. The highest BCUT2D eigenvalue weighted by Gasteiger charge is 2.20. The van der Waals surface area contributed by atoms with Gasteiger partial charge in [0, 0.05) is 36.0 Å². The van der Waals surface area contributed by atoms with Gasteiger partial charge >= 0.3 is 0 Å². The number of aromatic nitrogens is 2. The molecular weight excluding hydrogens is 226 g/mol. The summed E-state index contributed by atoms with van der Waals surface area (Å²) in [7, 11) is -2.98. The fraction of sp³-hybridized carbons (Fsp3) is 0.300. The average molecular weight is 239 g/mol. The van der Waals surface area contributed by atoms with Gasteiger partial charge in [0.1, 0.15) is 0 Å². The average Bonchev–Trinajstić information content (AvgIpc) is 2.81. The van der Waals surface area contributed by atoms with Gasteiger partial charge in [-0.1, -0.05) is 12.7 Å². The molecule has 6 heteroatoms. The lowest BCUT2D eigenvalue weighted by molar-refractivity contribution is 0.590. The molecule has 0 bridgehead atoms. The van der Waals surface area contributed by atoms with E-state index in [1.54, 1.807) is 23.2 Å². The van der Waals surface area contributed by atoms with Gasteiger partial charge < -0.3 is 5.32 Å². The smallest absolute Gasteiger partial charge is 0.173 e. The third kappa shape index (κ3) is 2.59. The molecule has 1 aromatic heterocycles. The molecule has 1 aliphatic rings. The van der Waals surface area contributed by atoms with Crippen molar-refractivity contribution in [3.05, 3.63) is 36.0 Å². The van der Waals surface area contributed by atoms with E-state index in [9.17, 15) is 8.42 Å². The van der Waals surface area contributed by atoms with Gasteiger partial charge in [-0.25, -0.2) is 13.1 Å². The second-order valence-electron chi connectivity index (χ2n) is 3.66. The van der Waals surface area contributed by atoms with Crippen molar-refractivity contribution < 1.29 is 8.42 Å². The standard InChI is InChI=1S/C10H13N3O2S/c1-2-13-7-9(6-12-13)5-11-10-3-4-16(14,15)8-10/h2-4,6-7,10-11H,1,5,8H2. The normalized spacial score (nSPS) is 22.4. The van der Waals surface area contributed by atoms with Gasteiger partial charge in [-0.2, -0.15) is 5.10 Å². The first-order valence-electron chi connectivity index (χ1n) is 4.89. The maximum atomic E-state index is 11.1. The second kappa shape index (κ2) is 4.23. The molecule has 5 nitrogen and oxygen atoms in total. The topological polar surface area (TPSA) is 64.0 Å². The Kier molecular flexibility index (Phi) is 2.93. The van der Waals surface area contributed by atoms with Gasteiger partial charge in [0.2, 0.25) is 0 Å². The van der Waals surface area contributed by atoms with E-state index in [1.807, 2.05) is 6.20 Å². The molecule has 0 fully saturated rings. The SMILES string of the molecule is C=Cn1cc(CNC2C=CS(=O)(=O)C2)cn1. The molecule has 0 aromatic carbocycles. The minimum atomic E-state index is -2.98. The number of sulfone groups is 1. The highest BCUT2D eigenvalue weighted by atomic mass is 32.2. The van der Waals surface area contributed by atoms with Crippen LogP contribution < -0.4 is 5.32 Å². The molecule has 0 radical (unpaired) electrons. The molecule has 0 aliphatic carbocycles. The van der Waals surface area contributed by atoms with Gasteiger partial charge in [-0.05, 0) is 0 Å². The van der Waals surface area contributed by atoms with E-state index in [-0.39, 0.29) is 11.8 Å². The number of hydrogen-bond acceptors (Lipinski definition) is 4.